The fourth-order valence-corrected chi connectivity index (χ4v) is 4.59. The van der Waals surface area contributed by atoms with Crippen LogP contribution in [0.1, 0.15) is 25.3 Å². The maximum atomic E-state index is 11.4. The summed E-state index contributed by atoms with van der Waals surface area (Å²) in [7, 11) is 5.93. The van der Waals surface area contributed by atoms with E-state index in [-0.39, 0.29) is 12.3 Å². The number of benzene rings is 1. The minimum absolute atomic E-state index is 0.00127. The molecule has 0 spiro atoms. The maximum absolute atomic E-state index is 11.4. The quantitative estimate of drug-likeness (QED) is 0.197. The Morgan fingerprint density at radius 2 is 1.75 bits per heavy atom. The van der Waals surface area contributed by atoms with Gasteiger partial charge in [-0.2, -0.15) is 0 Å². The average Bonchev–Trinajstić information content (AvgIpc) is 2.68. The van der Waals surface area contributed by atoms with E-state index in [4.69, 9.17) is 22.8 Å². The summed E-state index contributed by atoms with van der Waals surface area (Å²) in [6.45, 7) is 2.91. The summed E-state index contributed by atoms with van der Waals surface area (Å²) in [5.41, 5.74) is 1.30. The summed E-state index contributed by atoms with van der Waals surface area (Å²) >= 11 is 0. The maximum Gasteiger partial charge on any atom is 0.500 e. The lowest BCUT2D eigenvalue weighted by Crippen LogP contribution is -2.42. The van der Waals surface area contributed by atoms with E-state index in [1.807, 2.05) is 25.9 Å². The molecular formula is C18H32N2O7Si. The number of nitro groups is 1. The van der Waals surface area contributed by atoms with Gasteiger partial charge in [-0.05, 0) is 25.8 Å². The Kier molecular flexibility index (Phi) is 10.4. The predicted octanol–water partition coefficient (Wildman–Crippen LogP) is 3.23. The van der Waals surface area contributed by atoms with Crippen LogP contribution in [0.25, 0.3) is 0 Å². The first-order chi connectivity index (χ1) is 13.3. The van der Waals surface area contributed by atoms with Gasteiger partial charge in [-0.15, -0.1) is 0 Å². The molecule has 1 aromatic rings. The fraction of sp³-hybridized carbons (Fsp3) is 0.667. The molecule has 0 unspecified atom stereocenters. The minimum atomic E-state index is -2.56. The van der Waals surface area contributed by atoms with Gasteiger partial charge in [0.2, 0.25) is 0 Å². The van der Waals surface area contributed by atoms with Crippen LogP contribution in [0.15, 0.2) is 12.1 Å². The van der Waals surface area contributed by atoms with Gasteiger partial charge in [-0.1, -0.05) is 0 Å². The molecule has 1 aromatic carbocycles. The average molecular weight is 417 g/mol. The number of nitro benzene ring substituents is 1. The van der Waals surface area contributed by atoms with E-state index in [2.05, 4.69) is 0 Å². The van der Waals surface area contributed by atoms with Crippen molar-refractivity contribution >= 4 is 20.2 Å². The zero-order chi connectivity index (χ0) is 21.2. The van der Waals surface area contributed by atoms with Crippen LogP contribution < -0.4 is 9.64 Å². The topological polar surface area (TPSA) is 92.5 Å². The Morgan fingerprint density at radius 1 is 1.11 bits per heavy atom. The van der Waals surface area contributed by atoms with Gasteiger partial charge in [0, 0.05) is 48.1 Å². The van der Waals surface area contributed by atoms with Gasteiger partial charge >= 0.3 is 8.80 Å². The van der Waals surface area contributed by atoms with Crippen LogP contribution >= 0.6 is 0 Å². The number of anilines is 1. The van der Waals surface area contributed by atoms with Crippen molar-refractivity contribution in [2.45, 2.75) is 32.4 Å². The van der Waals surface area contributed by atoms with Crippen molar-refractivity contribution in [1.29, 1.82) is 0 Å². The van der Waals surface area contributed by atoms with Crippen LogP contribution in [0.5, 0.6) is 5.75 Å². The molecule has 0 atom stereocenters. The van der Waals surface area contributed by atoms with Crippen LogP contribution in [0.4, 0.5) is 11.4 Å². The van der Waals surface area contributed by atoms with Crippen molar-refractivity contribution < 1.29 is 27.7 Å². The smallest absolute Gasteiger partial charge is 0.491 e. The van der Waals surface area contributed by atoms with Crippen LogP contribution in [0.3, 0.4) is 0 Å². The van der Waals surface area contributed by atoms with Crippen molar-refractivity contribution in [2.75, 3.05) is 53.5 Å². The van der Waals surface area contributed by atoms with E-state index in [1.165, 1.54) is 6.07 Å². The zero-order valence-electron chi connectivity index (χ0n) is 17.6. The van der Waals surface area contributed by atoms with Gasteiger partial charge in [0.05, 0.1) is 35.5 Å². The van der Waals surface area contributed by atoms with Crippen molar-refractivity contribution in [3.05, 3.63) is 27.8 Å². The minimum Gasteiger partial charge on any atom is -0.491 e. The molecule has 28 heavy (non-hydrogen) atoms. The second kappa shape index (κ2) is 12.0. The van der Waals surface area contributed by atoms with Crippen LogP contribution in [-0.4, -0.2) is 62.4 Å². The standard InChI is InChI=1S/C18H32N2O7Si/c1-7-27-18-13-16(20(21)22)15(12-17(18)19(2)3)14-26-10-8-9-11-28(23-4,24-5)25-6/h12-13H,7-11,14H2,1-6H3. The van der Waals surface area contributed by atoms with E-state index in [9.17, 15) is 10.1 Å². The van der Waals surface area contributed by atoms with E-state index in [0.29, 0.717) is 30.6 Å². The third kappa shape index (κ3) is 6.71. The summed E-state index contributed by atoms with van der Waals surface area (Å²) in [6, 6.07) is 3.91. The highest BCUT2D eigenvalue weighted by Crippen LogP contribution is 2.35. The lowest BCUT2D eigenvalue weighted by atomic mass is 10.1. The molecule has 10 heteroatoms. The summed E-state index contributed by atoms with van der Waals surface area (Å²) < 4.78 is 27.4. The van der Waals surface area contributed by atoms with Gasteiger partial charge in [-0.3, -0.25) is 10.1 Å². The lowest BCUT2D eigenvalue weighted by Gasteiger charge is -2.24. The Balaban J connectivity index is 2.70. The number of unbranched alkanes of at least 4 members (excludes halogenated alkanes) is 1. The van der Waals surface area contributed by atoms with Gasteiger partial charge in [0.25, 0.3) is 5.69 Å². The molecule has 1 rings (SSSR count). The van der Waals surface area contributed by atoms with Crippen LogP contribution in [0, 0.1) is 10.1 Å². The van der Waals surface area contributed by atoms with Gasteiger partial charge in [0.15, 0.2) is 0 Å². The normalized spacial score (nSPS) is 11.5. The third-order valence-electron chi connectivity index (χ3n) is 4.35. The van der Waals surface area contributed by atoms with E-state index in [1.54, 1.807) is 27.4 Å². The second-order valence-corrected chi connectivity index (χ2v) is 9.43. The van der Waals surface area contributed by atoms with Gasteiger partial charge in [0.1, 0.15) is 5.75 Å². The van der Waals surface area contributed by atoms with Gasteiger partial charge < -0.3 is 27.7 Å². The molecule has 0 saturated carbocycles. The Labute approximate surface area is 168 Å². The fourth-order valence-electron chi connectivity index (χ4n) is 2.79. The molecule has 0 aromatic heterocycles. The highest BCUT2D eigenvalue weighted by atomic mass is 28.4. The Morgan fingerprint density at radius 3 is 2.25 bits per heavy atom. The zero-order valence-corrected chi connectivity index (χ0v) is 18.6. The summed E-state index contributed by atoms with van der Waals surface area (Å²) in [5, 5.41) is 11.4. The molecule has 9 nitrogen and oxygen atoms in total. The summed E-state index contributed by atoms with van der Waals surface area (Å²) in [5.74, 6) is 0.489. The van der Waals surface area contributed by atoms with Crippen molar-refractivity contribution in [3.63, 3.8) is 0 Å². The molecule has 0 fully saturated rings. The highest BCUT2D eigenvalue weighted by molar-refractivity contribution is 6.60. The number of hydrogen-bond acceptors (Lipinski definition) is 8. The largest absolute Gasteiger partial charge is 0.500 e. The monoisotopic (exact) mass is 416 g/mol. The lowest BCUT2D eigenvalue weighted by molar-refractivity contribution is -0.386. The van der Waals surface area contributed by atoms with Crippen molar-refractivity contribution in [2.24, 2.45) is 0 Å². The molecule has 0 saturated heterocycles. The Bertz CT molecular complexity index is 616. The van der Waals surface area contributed by atoms with E-state index >= 15 is 0 Å². The van der Waals surface area contributed by atoms with Crippen LogP contribution in [0.2, 0.25) is 6.04 Å². The molecule has 0 heterocycles. The van der Waals surface area contributed by atoms with Gasteiger partial charge in [-0.25, -0.2) is 0 Å². The first-order valence-electron chi connectivity index (χ1n) is 9.18. The second-order valence-electron chi connectivity index (χ2n) is 6.34. The Hall–Kier alpha value is -1.72. The van der Waals surface area contributed by atoms with E-state index < -0.39 is 13.7 Å². The number of ether oxygens (including phenoxy) is 2. The third-order valence-corrected chi connectivity index (χ3v) is 7.18. The summed E-state index contributed by atoms with van der Waals surface area (Å²) in [4.78, 5) is 12.9. The van der Waals surface area contributed by atoms with Crippen molar-refractivity contribution in [1.82, 2.24) is 0 Å². The molecule has 0 aliphatic rings. The molecule has 0 bridgehead atoms. The number of nitrogens with zero attached hydrogens (tertiary/aromatic N) is 2. The van der Waals surface area contributed by atoms with E-state index in [0.717, 1.165) is 18.5 Å². The molecule has 0 amide bonds. The number of rotatable bonds is 14. The number of hydrogen-bond donors (Lipinski definition) is 0. The molecule has 0 N–H and O–H groups in total. The van der Waals surface area contributed by atoms with Crippen LogP contribution in [-0.2, 0) is 24.6 Å². The van der Waals surface area contributed by atoms with Crippen molar-refractivity contribution in [3.8, 4) is 5.75 Å². The molecule has 0 radical (unpaired) electrons. The first-order valence-corrected chi connectivity index (χ1v) is 11.1. The first kappa shape index (κ1) is 24.3. The summed E-state index contributed by atoms with van der Waals surface area (Å²) in [6.07, 6.45) is 1.59. The SMILES string of the molecule is CCOc1cc([N+](=O)[O-])c(COCCCC[Si](OC)(OC)OC)cc1N(C)C. The predicted molar refractivity (Wildman–Crippen MR) is 109 cm³/mol. The molecule has 0 aliphatic carbocycles. The molecule has 160 valence electrons. The highest BCUT2D eigenvalue weighted by Gasteiger charge is 2.36. The molecular weight excluding hydrogens is 384 g/mol. The molecule has 0 aliphatic heterocycles.